The molecule has 1 fully saturated rings. The molecule has 0 unspecified atom stereocenters. The van der Waals surface area contributed by atoms with Crippen LogP contribution in [0.25, 0.3) is 0 Å². The molecule has 0 bridgehead atoms. The Morgan fingerprint density at radius 2 is 1.68 bits per heavy atom. The number of rotatable bonds is 11. The van der Waals surface area contributed by atoms with Crippen LogP contribution in [0.1, 0.15) is 47.9 Å². The van der Waals surface area contributed by atoms with Gasteiger partial charge in [-0.1, -0.05) is 91.2 Å². The van der Waals surface area contributed by atoms with Gasteiger partial charge in [-0.25, -0.2) is 4.39 Å². The smallest absolute Gasteiger partial charge is 0.243 e. The molecule has 0 aliphatic heterocycles. The van der Waals surface area contributed by atoms with E-state index in [4.69, 9.17) is 0 Å². The van der Waals surface area contributed by atoms with E-state index in [1.165, 1.54) is 23.4 Å². The molecule has 3 aromatic rings. The predicted octanol–water partition coefficient (Wildman–Crippen LogP) is 6.07. The number of hydrogen-bond donors (Lipinski definition) is 1. The van der Waals surface area contributed by atoms with Gasteiger partial charge >= 0.3 is 0 Å². The Labute approximate surface area is 223 Å². The number of benzene rings is 3. The summed E-state index contributed by atoms with van der Waals surface area (Å²) >= 11 is 1.52. The van der Waals surface area contributed by atoms with E-state index < -0.39 is 6.04 Å². The number of carbonyl (C=O) groups is 2. The Morgan fingerprint density at radius 3 is 2.41 bits per heavy atom. The maximum atomic E-state index is 14.7. The van der Waals surface area contributed by atoms with Crippen molar-refractivity contribution in [2.75, 3.05) is 5.75 Å². The van der Waals surface area contributed by atoms with Gasteiger partial charge in [-0.3, -0.25) is 9.59 Å². The zero-order chi connectivity index (χ0) is 26.0. The third-order valence-corrected chi connectivity index (χ3v) is 7.84. The van der Waals surface area contributed by atoms with Gasteiger partial charge in [0.25, 0.3) is 0 Å². The van der Waals surface area contributed by atoms with E-state index in [9.17, 15) is 14.0 Å². The SMILES string of the molecule is Cc1cccc(CSCC(=O)N(Cc2ccccc2F)[C@H](Cc2ccccc2)C(=O)NC2CCCC2)c1. The second-order valence-corrected chi connectivity index (χ2v) is 10.8. The monoisotopic (exact) mass is 518 g/mol. The topological polar surface area (TPSA) is 49.4 Å². The van der Waals surface area contributed by atoms with Crippen LogP contribution in [0.15, 0.2) is 78.9 Å². The molecule has 37 heavy (non-hydrogen) atoms. The largest absolute Gasteiger partial charge is 0.352 e. The predicted molar refractivity (Wildman–Crippen MR) is 149 cm³/mol. The molecule has 4 rings (SSSR count). The molecule has 1 aliphatic carbocycles. The van der Waals surface area contributed by atoms with E-state index in [2.05, 4.69) is 17.4 Å². The van der Waals surface area contributed by atoms with E-state index in [1.807, 2.05) is 49.4 Å². The molecular weight excluding hydrogens is 483 g/mol. The van der Waals surface area contributed by atoms with Gasteiger partial charge < -0.3 is 10.2 Å². The van der Waals surface area contributed by atoms with Crippen molar-refractivity contribution in [3.8, 4) is 0 Å². The van der Waals surface area contributed by atoms with Crippen molar-refractivity contribution in [1.29, 1.82) is 0 Å². The van der Waals surface area contributed by atoms with Crippen molar-refractivity contribution in [3.63, 3.8) is 0 Å². The highest BCUT2D eigenvalue weighted by Crippen LogP contribution is 2.22. The quantitative estimate of drug-likeness (QED) is 0.335. The lowest BCUT2D eigenvalue weighted by Gasteiger charge is -2.32. The van der Waals surface area contributed by atoms with Gasteiger partial charge in [-0.15, -0.1) is 11.8 Å². The van der Waals surface area contributed by atoms with Crippen LogP contribution in [0, 0.1) is 12.7 Å². The second kappa shape index (κ2) is 13.4. The third-order valence-electron chi connectivity index (χ3n) is 6.85. The minimum atomic E-state index is -0.727. The number of amides is 2. The molecule has 1 saturated carbocycles. The van der Waals surface area contributed by atoms with Crippen LogP contribution < -0.4 is 5.32 Å². The molecule has 1 N–H and O–H groups in total. The van der Waals surface area contributed by atoms with Crippen molar-refractivity contribution in [1.82, 2.24) is 10.2 Å². The van der Waals surface area contributed by atoms with Crippen molar-refractivity contribution in [2.24, 2.45) is 0 Å². The highest BCUT2D eigenvalue weighted by molar-refractivity contribution is 7.99. The lowest BCUT2D eigenvalue weighted by Crippen LogP contribution is -2.52. The number of hydrogen-bond acceptors (Lipinski definition) is 3. The van der Waals surface area contributed by atoms with Crippen molar-refractivity contribution >= 4 is 23.6 Å². The van der Waals surface area contributed by atoms with E-state index in [0.717, 1.165) is 36.8 Å². The molecule has 0 aromatic heterocycles. The summed E-state index contributed by atoms with van der Waals surface area (Å²) in [6.45, 7) is 2.10. The first-order chi connectivity index (χ1) is 18.0. The number of carbonyl (C=O) groups excluding carboxylic acids is 2. The van der Waals surface area contributed by atoms with Gasteiger partial charge in [0.2, 0.25) is 11.8 Å². The average molecular weight is 519 g/mol. The zero-order valence-corrected chi connectivity index (χ0v) is 22.2. The fourth-order valence-corrected chi connectivity index (χ4v) is 5.73. The maximum absolute atomic E-state index is 14.7. The van der Waals surface area contributed by atoms with Gasteiger partial charge in [0.15, 0.2) is 0 Å². The molecule has 0 radical (unpaired) electrons. The van der Waals surface area contributed by atoms with E-state index >= 15 is 0 Å². The lowest BCUT2D eigenvalue weighted by molar-refractivity contribution is -0.139. The normalized spacial score (nSPS) is 14.3. The molecular formula is C31H35FN2O2S. The number of thioether (sulfide) groups is 1. The van der Waals surface area contributed by atoms with Gasteiger partial charge in [-0.05, 0) is 37.0 Å². The molecule has 0 spiro atoms. The first-order valence-electron chi connectivity index (χ1n) is 13.0. The minimum absolute atomic E-state index is 0.0477. The maximum Gasteiger partial charge on any atom is 0.243 e. The Morgan fingerprint density at radius 1 is 0.973 bits per heavy atom. The standard InChI is InChI=1S/C31H35FN2O2S/c1-23-10-9-13-25(18-23)21-37-22-30(35)34(20-26-14-5-8-17-28(26)32)29(19-24-11-3-2-4-12-24)31(36)33-27-15-6-7-16-27/h2-5,8-14,17-18,27,29H,6-7,15-16,19-22H2,1H3,(H,33,36)/t29-/m1/s1. The van der Waals surface area contributed by atoms with Gasteiger partial charge in [-0.2, -0.15) is 0 Å². The van der Waals surface area contributed by atoms with E-state index in [-0.39, 0.29) is 36.0 Å². The summed E-state index contributed by atoms with van der Waals surface area (Å²) in [6.07, 6.45) is 4.49. The molecule has 0 heterocycles. The fraction of sp³-hybridized carbons (Fsp3) is 0.355. The van der Waals surface area contributed by atoms with Crippen LogP contribution in [-0.2, 0) is 28.3 Å². The van der Waals surface area contributed by atoms with Crippen molar-refractivity contribution in [3.05, 3.63) is 107 Å². The molecule has 1 aliphatic rings. The highest BCUT2D eigenvalue weighted by Gasteiger charge is 2.32. The molecule has 3 aromatic carbocycles. The molecule has 1 atom stereocenters. The number of aryl methyl sites for hydroxylation is 1. The Bertz CT molecular complexity index is 1180. The lowest BCUT2D eigenvalue weighted by atomic mass is 10.0. The minimum Gasteiger partial charge on any atom is -0.352 e. The number of nitrogens with one attached hydrogen (secondary N) is 1. The summed E-state index contributed by atoms with van der Waals surface area (Å²) in [6, 6.07) is 23.8. The van der Waals surface area contributed by atoms with Gasteiger partial charge in [0, 0.05) is 30.3 Å². The van der Waals surface area contributed by atoms with Crippen molar-refractivity contribution < 1.29 is 14.0 Å². The summed E-state index contributed by atoms with van der Waals surface area (Å²) in [5.41, 5.74) is 3.70. The van der Waals surface area contributed by atoms with Crippen LogP contribution in [0.4, 0.5) is 4.39 Å². The Hall–Kier alpha value is -3.12. The van der Waals surface area contributed by atoms with Crippen LogP contribution in [-0.4, -0.2) is 34.6 Å². The summed E-state index contributed by atoms with van der Waals surface area (Å²) in [4.78, 5) is 28.9. The Kier molecular flexibility index (Phi) is 9.78. The van der Waals surface area contributed by atoms with Crippen LogP contribution in [0.2, 0.25) is 0 Å². The first-order valence-corrected chi connectivity index (χ1v) is 14.2. The number of nitrogens with zero attached hydrogens (tertiary/aromatic N) is 1. The van der Waals surface area contributed by atoms with E-state index in [1.54, 1.807) is 23.1 Å². The molecule has 194 valence electrons. The first kappa shape index (κ1) is 26.9. The van der Waals surface area contributed by atoms with Gasteiger partial charge in [0.1, 0.15) is 11.9 Å². The van der Waals surface area contributed by atoms with Crippen LogP contribution >= 0.6 is 11.8 Å². The molecule has 2 amide bonds. The third kappa shape index (κ3) is 7.93. The second-order valence-electron chi connectivity index (χ2n) is 9.79. The van der Waals surface area contributed by atoms with Gasteiger partial charge in [0.05, 0.1) is 5.75 Å². The highest BCUT2D eigenvalue weighted by atomic mass is 32.2. The average Bonchev–Trinajstić information content (AvgIpc) is 3.41. The molecule has 4 nitrogen and oxygen atoms in total. The fourth-order valence-electron chi connectivity index (χ4n) is 4.87. The van der Waals surface area contributed by atoms with Crippen molar-refractivity contribution in [2.45, 2.75) is 63.4 Å². The van der Waals surface area contributed by atoms with Crippen LogP contribution in [0.3, 0.4) is 0 Å². The number of halogens is 1. The zero-order valence-electron chi connectivity index (χ0n) is 21.4. The molecule has 6 heteroatoms. The molecule has 0 saturated heterocycles. The summed E-state index contributed by atoms with van der Waals surface area (Å²) in [7, 11) is 0. The van der Waals surface area contributed by atoms with E-state index in [0.29, 0.717) is 17.7 Å². The summed E-state index contributed by atoms with van der Waals surface area (Å²) in [5, 5.41) is 3.19. The Balaban J connectivity index is 1.57. The summed E-state index contributed by atoms with van der Waals surface area (Å²) in [5.74, 6) is 0.207. The van der Waals surface area contributed by atoms with Crippen LogP contribution in [0.5, 0.6) is 0 Å². The summed E-state index contributed by atoms with van der Waals surface area (Å²) < 4.78 is 14.7.